The van der Waals surface area contributed by atoms with E-state index in [0.29, 0.717) is 5.56 Å². The van der Waals surface area contributed by atoms with E-state index in [1.807, 2.05) is 0 Å². The van der Waals surface area contributed by atoms with Crippen LogP contribution < -0.4 is 5.32 Å². The number of amides is 1. The fourth-order valence-electron chi connectivity index (χ4n) is 10.3. The highest BCUT2D eigenvalue weighted by atomic mass is 16.6. The van der Waals surface area contributed by atoms with Crippen molar-refractivity contribution in [3.8, 4) is 0 Å². The fourth-order valence-corrected chi connectivity index (χ4v) is 10.3. The first-order chi connectivity index (χ1) is 30.6. The summed E-state index contributed by atoms with van der Waals surface area (Å²) in [6.45, 7) is 11.7. The van der Waals surface area contributed by atoms with E-state index >= 15 is 4.79 Å². The molecule has 1 unspecified atom stereocenters. The van der Waals surface area contributed by atoms with Gasteiger partial charge in [0.15, 0.2) is 17.5 Å². The van der Waals surface area contributed by atoms with E-state index < -0.39 is 119 Å². The lowest BCUT2D eigenvalue weighted by atomic mass is 9.44. The van der Waals surface area contributed by atoms with Crippen LogP contribution in [0.1, 0.15) is 90.2 Å². The largest absolute Gasteiger partial charge is 0.456 e. The predicted octanol–water partition coefficient (Wildman–Crippen LogP) is 3.95. The predicted molar refractivity (Wildman–Crippen MR) is 230 cm³/mol. The summed E-state index contributed by atoms with van der Waals surface area (Å²) in [5.74, 6) is -4.84. The molecule has 1 aliphatic heterocycles. The minimum absolute atomic E-state index is 0.0191. The maximum atomic E-state index is 16.0. The Labute approximate surface area is 379 Å². The second kappa shape index (κ2) is 19.2. The van der Waals surface area contributed by atoms with Gasteiger partial charge in [0.1, 0.15) is 35.6 Å². The minimum Gasteiger partial charge on any atom is -0.456 e. The molecule has 6 rings (SSSR count). The average molecular weight is 910 g/mol. The average Bonchev–Trinajstić information content (AvgIpc) is 3.24. The molecule has 0 spiro atoms. The normalized spacial score (nSPS) is 31.4. The second-order valence-corrected chi connectivity index (χ2v) is 19.0. The Morgan fingerprint density at radius 1 is 0.938 bits per heavy atom. The molecule has 17 heteroatoms. The van der Waals surface area contributed by atoms with E-state index in [1.165, 1.54) is 26.2 Å². The van der Waals surface area contributed by atoms with Gasteiger partial charge in [-0.05, 0) is 63.5 Å². The summed E-state index contributed by atoms with van der Waals surface area (Å²) in [6.07, 6.45) is -10.1. The summed E-state index contributed by atoms with van der Waals surface area (Å²) in [6, 6.07) is 14.9. The number of aliphatic hydroxyl groups excluding tert-OH is 2. The summed E-state index contributed by atoms with van der Waals surface area (Å²) in [4.78, 5) is 71.1. The number of methoxy groups -OCH3 is 1. The summed E-state index contributed by atoms with van der Waals surface area (Å²) in [5, 5.41) is 38.4. The lowest BCUT2D eigenvalue weighted by Crippen LogP contribution is -2.82. The molecule has 1 amide bonds. The first kappa shape index (κ1) is 49.7. The van der Waals surface area contributed by atoms with Crippen LogP contribution in [-0.2, 0) is 52.3 Å². The first-order valence-corrected chi connectivity index (χ1v) is 21.9. The van der Waals surface area contributed by atoms with Crippen LogP contribution in [0.4, 0.5) is 4.79 Å². The number of ether oxygens (including phenoxy) is 8. The smallest absolute Gasteiger partial charge is 0.408 e. The topological polar surface area (TPSA) is 232 Å². The molecule has 11 atom stereocenters. The minimum atomic E-state index is -2.31. The molecule has 2 bridgehead atoms. The number of ketones is 1. The molecule has 17 nitrogen and oxygen atoms in total. The molecule has 0 radical (unpaired) electrons. The molecule has 2 saturated carbocycles. The van der Waals surface area contributed by atoms with Gasteiger partial charge in [0.2, 0.25) is 0 Å². The van der Waals surface area contributed by atoms with Gasteiger partial charge >= 0.3 is 24.0 Å². The third kappa shape index (κ3) is 9.33. The molecular formula is C48H63NO16. The zero-order chi connectivity index (χ0) is 47.7. The Hall–Kier alpha value is -4.75. The Bertz CT molecular complexity index is 2100. The number of Topliss-reactive ketones (excluding diaryl/α,β-unsaturated/α-hetero) is 1. The maximum absolute atomic E-state index is 16.0. The highest BCUT2D eigenvalue weighted by Crippen LogP contribution is 2.65. The molecular weight excluding hydrogens is 847 g/mol. The number of fused-ring (bicyclic) bond motifs is 5. The third-order valence-corrected chi connectivity index (χ3v) is 13.5. The van der Waals surface area contributed by atoms with Crippen molar-refractivity contribution in [2.45, 2.75) is 128 Å². The van der Waals surface area contributed by atoms with Crippen molar-refractivity contribution in [3.63, 3.8) is 0 Å². The molecule has 356 valence electrons. The van der Waals surface area contributed by atoms with Crippen molar-refractivity contribution in [2.24, 2.45) is 16.7 Å². The number of carbonyl (C=O) groups is 5. The van der Waals surface area contributed by atoms with Crippen molar-refractivity contribution in [2.75, 3.05) is 40.1 Å². The third-order valence-electron chi connectivity index (χ3n) is 13.5. The molecule has 0 aromatic heterocycles. The van der Waals surface area contributed by atoms with Crippen LogP contribution in [0, 0.1) is 16.7 Å². The molecule has 1 saturated heterocycles. The quantitative estimate of drug-likeness (QED) is 0.0858. The number of rotatable bonds is 15. The first-order valence-electron chi connectivity index (χ1n) is 21.9. The van der Waals surface area contributed by atoms with E-state index in [-0.39, 0.29) is 49.6 Å². The zero-order valence-electron chi connectivity index (χ0n) is 38.5. The van der Waals surface area contributed by atoms with Crippen molar-refractivity contribution < 1.29 is 77.2 Å². The van der Waals surface area contributed by atoms with Crippen molar-refractivity contribution >= 4 is 29.8 Å². The number of benzene rings is 2. The van der Waals surface area contributed by atoms with Gasteiger partial charge in [0.05, 0.1) is 62.1 Å². The van der Waals surface area contributed by atoms with Gasteiger partial charge in [-0.25, -0.2) is 14.4 Å². The van der Waals surface area contributed by atoms with Crippen LogP contribution in [0.3, 0.4) is 0 Å². The van der Waals surface area contributed by atoms with Crippen molar-refractivity contribution in [1.82, 2.24) is 5.32 Å². The summed E-state index contributed by atoms with van der Waals surface area (Å²) in [7, 11) is 1.49. The van der Waals surface area contributed by atoms with Gasteiger partial charge in [-0.2, -0.15) is 0 Å². The molecule has 2 aromatic rings. The summed E-state index contributed by atoms with van der Waals surface area (Å²) >= 11 is 0. The van der Waals surface area contributed by atoms with E-state index in [1.54, 1.807) is 97.0 Å². The highest BCUT2D eigenvalue weighted by molar-refractivity contribution is 5.94. The standard InChI is InChI=1S/C48H63NO16/c1-27-31(62-42(55)36(52)35(29-16-12-10-13-17-29)49-43(56)65-44(3,4)5)25-48(57)40(63-41(54)30-18-14-11-15-19-30)38-46(8,39(53)37(60-21-20-50)34(27)45(48,6)7)32(59-23-22-58-9)24-33-47(38,26-61-33)64-28(2)51/h10-19,31-33,35-38,40,50,52,57H,20-26H2,1-9H3,(H,49,56)/t31-,32-,33+,35-,36+,37+,38?,40-,46+,47-,48+/m0/s1. The number of esters is 3. The van der Waals surface area contributed by atoms with Crippen LogP contribution >= 0.6 is 0 Å². The van der Waals surface area contributed by atoms with E-state index in [9.17, 15) is 34.5 Å². The number of nitrogens with one attached hydrogen (secondary N) is 1. The second-order valence-electron chi connectivity index (χ2n) is 19.0. The molecule has 4 N–H and O–H groups in total. The van der Waals surface area contributed by atoms with Crippen LogP contribution in [-0.4, -0.2) is 139 Å². The van der Waals surface area contributed by atoms with Gasteiger partial charge in [-0.15, -0.1) is 0 Å². The number of hydrogen-bond donors (Lipinski definition) is 4. The van der Waals surface area contributed by atoms with Crippen LogP contribution in [0.15, 0.2) is 71.8 Å². The Kier molecular flexibility index (Phi) is 14.7. The summed E-state index contributed by atoms with van der Waals surface area (Å²) in [5.41, 5.74) is -7.41. The molecule has 2 aromatic carbocycles. The molecule has 3 fully saturated rings. The Morgan fingerprint density at radius 2 is 1.58 bits per heavy atom. The Balaban J connectivity index is 1.56. The van der Waals surface area contributed by atoms with E-state index in [2.05, 4.69) is 5.32 Å². The summed E-state index contributed by atoms with van der Waals surface area (Å²) < 4.78 is 48.6. The lowest BCUT2D eigenvalue weighted by molar-refractivity contribution is -0.349. The maximum Gasteiger partial charge on any atom is 0.408 e. The van der Waals surface area contributed by atoms with Crippen LogP contribution in [0.25, 0.3) is 0 Å². The number of carbonyl (C=O) groups excluding carboxylic acids is 5. The van der Waals surface area contributed by atoms with Crippen molar-refractivity contribution in [1.29, 1.82) is 0 Å². The highest BCUT2D eigenvalue weighted by Gasteiger charge is 2.78. The monoisotopic (exact) mass is 909 g/mol. The molecule has 4 aliphatic rings. The zero-order valence-corrected chi connectivity index (χ0v) is 38.5. The van der Waals surface area contributed by atoms with Crippen molar-refractivity contribution in [3.05, 3.63) is 82.9 Å². The number of aliphatic hydroxyl groups is 3. The van der Waals surface area contributed by atoms with E-state index in [4.69, 9.17) is 37.9 Å². The fraction of sp³-hybridized carbons (Fsp3) is 0.604. The van der Waals surface area contributed by atoms with Gasteiger partial charge in [-0.1, -0.05) is 62.4 Å². The Morgan fingerprint density at radius 3 is 2.15 bits per heavy atom. The lowest BCUT2D eigenvalue weighted by Gasteiger charge is -2.68. The van der Waals surface area contributed by atoms with E-state index in [0.717, 1.165) is 0 Å². The van der Waals surface area contributed by atoms with Gasteiger partial charge in [-0.3, -0.25) is 9.59 Å². The van der Waals surface area contributed by atoms with Crippen LogP contribution in [0.5, 0.6) is 0 Å². The van der Waals surface area contributed by atoms with Gasteiger partial charge in [0.25, 0.3) is 0 Å². The molecule has 1 heterocycles. The molecule has 3 aliphatic carbocycles. The molecule has 65 heavy (non-hydrogen) atoms. The number of hydrogen-bond acceptors (Lipinski definition) is 16. The SMILES string of the molecule is COCCO[C@H]1C[C@H]2OC[C@@]2(OC(C)=O)C2[C@H](OC(=O)c3ccccc3)[C@]3(O)C[C@H](OC(=O)[C@H](O)[C@@H](NC(=O)OC(C)(C)C)c4ccccc4)C(C)=C([C@@H](OCCO)C(=O)[C@@]21C)C3(C)C. The van der Waals surface area contributed by atoms with Crippen LogP contribution in [0.2, 0.25) is 0 Å². The van der Waals surface area contributed by atoms with Gasteiger partial charge < -0.3 is 58.5 Å². The number of alkyl carbamates (subject to hydrolysis) is 1. The van der Waals surface area contributed by atoms with Gasteiger partial charge in [0, 0.05) is 32.3 Å².